The van der Waals surface area contributed by atoms with Crippen LogP contribution < -0.4 is 0 Å². The zero-order valence-electron chi connectivity index (χ0n) is 8.23. The van der Waals surface area contributed by atoms with Gasteiger partial charge in [-0.3, -0.25) is 9.58 Å². The highest BCUT2D eigenvalue weighted by Crippen LogP contribution is 2.00. The van der Waals surface area contributed by atoms with Gasteiger partial charge in [-0.1, -0.05) is 5.92 Å². The molecule has 0 saturated carbocycles. The van der Waals surface area contributed by atoms with Gasteiger partial charge in [0.05, 0.1) is 12.6 Å². The van der Waals surface area contributed by atoms with Crippen molar-refractivity contribution in [1.82, 2.24) is 19.7 Å². The van der Waals surface area contributed by atoms with Crippen molar-refractivity contribution in [2.45, 2.75) is 19.5 Å². The van der Waals surface area contributed by atoms with Gasteiger partial charge >= 0.3 is 0 Å². The summed E-state index contributed by atoms with van der Waals surface area (Å²) in [6.07, 6.45) is 6.85. The molecule has 0 aliphatic rings. The number of hydrogen-bond acceptors (Lipinski definition) is 3. The Bertz CT molecular complexity index is 310. The lowest BCUT2D eigenvalue weighted by atomic mass is 10.3. The van der Waals surface area contributed by atoms with Gasteiger partial charge in [0, 0.05) is 7.05 Å². The lowest BCUT2D eigenvalue weighted by Crippen LogP contribution is -2.28. The Kier molecular flexibility index (Phi) is 3.04. The zero-order valence-corrected chi connectivity index (χ0v) is 8.23. The van der Waals surface area contributed by atoms with Crippen LogP contribution in [-0.2, 0) is 13.6 Å². The molecule has 1 unspecified atom stereocenters. The Morgan fingerprint density at radius 1 is 1.77 bits per heavy atom. The fourth-order valence-electron chi connectivity index (χ4n) is 0.951. The van der Waals surface area contributed by atoms with Gasteiger partial charge in [-0.05, 0) is 14.0 Å². The van der Waals surface area contributed by atoms with Crippen LogP contribution in [0.1, 0.15) is 12.7 Å². The third-order valence-electron chi connectivity index (χ3n) is 2.10. The Hall–Kier alpha value is -1.34. The maximum Gasteiger partial charge on any atom is 0.140 e. The minimum atomic E-state index is 0.122. The van der Waals surface area contributed by atoms with E-state index in [0.29, 0.717) is 0 Å². The highest BCUT2D eigenvalue weighted by atomic mass is 15.3. The first-order valence-corrected chi connectivity index (χ1v) is 4.14. The number of rotatable bonds is 3. The van der Waals surface area contributed by atoms with Gasteiger partial charge in [-0.2, -0.15) is 5.10 Å². The standard InChI is InChI=1S/C9H14N4/c1-5-8(2)12(3)6-9-10-7-11-13(9)4/h1,7-8H,6H2,2-4H3. The van der Waals surface area contributed by atoms with E-state index in [1.807, 2.05) is 25.9 Å². The van der Waals surface area contributed by atoms with Crippen LogP contribution in [-0.4, -0.2) is 32.8 Å². The van der Waals surface area contributed by atoms with Crippen molar-refractivity contribution in [3.8, 4) is 12.3 Å². The first-order valence-electron chi connectivity index (χ1n) is 4.14. The second kappa shape index (κ2) is 4.06. The van der Waals surface area contributed by atoms with E-state index in [-0.39, 0.29) is 6.04 Å². The molecule has 0 bridgehead atoms. The molecule has 0 radical (unpaired) electrons. The van der Waals surface area contributed by atoms with Gasteiger partial charge in [0.15, 0.2) is 0 Å². The average Bonchev–Trinajstić information content (AvgIpc) is 2.50. The smallest absolute Gasteiger partial charge is 0.140 e. The quantitative estimate of drug-likeness (QED) is 0.623. The van der Waals surface area contributed by atoms with Crippen molar-refractivity contribution in [3.05, 3.63) is 12.2 Å². The third kappa shape index (κ3) is 2.30. The molecule has 1 aromatic heterocycles. The van der Waals surface area contributed by atoms with Crippen molar-refractivity contribution in [3.63, 3.8) is 0 Å². The molecule has 1 heterocycles. The van der Waals surface area contributed by atoms with E-state index >= 15 is 0 Å². The van der Waals surface area contributed by atoms with E-state index in [4.69, 9.17) is 6.42 Å². The second-order valence-electron chi connectivity index (χ2n) is 3.06. The summed E-state index contributed by atoms with van der Waals surface area (Å²) in [5.41, 5.74) is 0. The van der Waals surface area contributed by atoms with Crippen molar-refractivity contribution in [2.24, 2.45) is 7.05 Å². The number of hydrogen-bond donors (Lipinski definition) is 0. The fourth-order valence-corrected chi connectivity index (χ4v) is 0.951. The highest BCUT2D eigenvalue weighted by Gasteiger charge is 2.09. The lowest BCUT2D eigenvalue weighted by molar-refractivity contribution is 0.284. The number of aryl methyl sites for hydroxylation is 1. The molecule has 4 nitrogen and oxygen atoms in total. The van der Waals surface area contributed by atoms with Gasteiger partial charge in [0.1, 0.15) is 12.2 Å². The minimum Gasteiger partial charge on any atom is -0.286 e. The highest BCUT2D eigenvalue weighted by molar-refractivity contribution is 4.97. The molecule has 13 heavy (non-hydrogen) atoms. The molecule has 70 valence electrons. The summed E-state index contributed by atoms with van der Waals surface area (Å²) in [6.45, 7) is 2.71. The molecule has 1 aromatic rings. The Labute approximate surface area is 78.6 Å². The molecule has 0 amide bonds. The molecular formula is C9H14N4. The predicted molar refractivity (Wildman–Crippen MR) is 50.8 cm³/mol. The van der Waals surface area contributed by atoms with E-state index in [1.165, 1.54) is 0 Å². The van der Waals surface area contributed by atoms with Crippen molar-refractivity contribution in [2.75, 3.05) is 7.05 Å². The normalized spacial score (nSPS) is 12.8. The summed E-state index contributed by atoms with van der Waals surface area (Å²) >= 11 is 0. The summed E-state index contributed by atoms with van der Waals surface area (Å²) in [7, 11) is 3.84. The Morgan fingerprint density at radius 3 is 2.92 bits per heavy atom. The van der Waals surface area contributed by atoms with Crippen LogP contribution in [0, 0.1) is 12.3 Å². The first-order chi connectivity index (χ1) is 6.15. The summed E-state index contributed by atoms with van der Waals surface area (Å²) in [5, 5.41) is 3.98. The minimum absolute atomic E-state index is 0.122. The van der Waals surface area contributed by atoms with Gasteiger partial charge in [0.25, 0.3) is 0 Å². The van der Waals surface area contributed by atoms with Gasteiger partial charge in [0.2, 0.25) is 0 Å². The molecule has 0 saturated heterocycles. The summed E-state index contributed by atoms with van der Waals surface area (Å²) in [4.78, 5) is 6.16. The zero-order chi connectivity index (χ0) is 9.84. The van der Waals surface area contributed by atoms with Gasteiger partial charge in [-0.15, -0.1) is 6.42 Å². The van der Waals surface area contributed by atoms with Gasteiger partial charge < -0.3 is 0 Å². The van der Waals surface area contributed by atoms with E-state index in [2.05, 4.69) is 16.0 Å². The van der Waals surface area contributed by atoms with Crippen LogP contribution in [0.15, 0.2) is 6.33 Å². The largest absolute Gasteiger partial charge is 0.286 e. The number of nitrogens with zero attached hydrogens (tertiary/aromatic N) is 4. The molecule has 0 aliphatic carbocycles. The van der Waals surface area contributed by atoms with E-state index in [9.17, 15) is 0 Å². The maximum absolute atomic E-state index is 5.31. The van der Waals surface area contributed by atoms with Crippen LogP contribution in [0.5, 0.6) is 0 Å². The third-order valence-corrected chi connectivity index (χ3v) is 2.10. The summed E-state index contributed by atoms with van der Waals surface area (Å²) in [6, 6.07) is 0.122. The van der Waals surface area contributed by atoms with Crippen LogP contribution in [0.2, 0.25) is 0 Å². The lowest BCUT2D eigenvalue weighted by Gasteiger charge is -2.18. The number of aromatic nitrogens is 3. The fraction of sp³-hybridized carbons (Fsp3) is 0.556. The van der Waals surface area contributed by atoms with E-state index in [1.54, 1.807) is 11.0 Å². The molecule has 0 aromatic carbocycles. The maximum atomic E-state index is 5.31. The molecule has 0 spiro atoms. The topological polar surface area (TPSA) is 34.0 Å². The number of terminal acetylenes is 1. The average molecular weight is 178 g/mol. The van der Waals surface area contributed by atoms with Gasteiger partial charge in [-0.25, -0.2) is 4.98 Å². The van der Waals surface area contributed by atoms with Crippen molar-refractivity contribution in [1.29, 1.82) is 0 Å². The molecular weight excluding hydrogens is 164 g/mol. The molecule has 1 rings (SSSR count). The van der Waals surface area contributed by atoms with Crippen molar-refractivity contribution >= 4 is 0 Å². The summed E-state index contributed by atoms with van der Waals surface area (Å²) in [5.74, 6) is 3.59. The van der Waals surface area contributed by atoms with Crippen LogP contribution in [0.25, 0.3) is 0 Å². The van der Waals surface area contributed by atoms with E-state index in [0.717, 1.165) is 12.4 Å². The predicted octanol–water partition coefficient (Wildman–Crippen LogP) is 0.269. The molecule has 1 atom stereocenters. The molecule has 0 aliphatic heterocycles. The van der Waals surface area contributed by atoms with Crippen molar-refractivity contribution < 1.29 is 0 Å². The first kappa shape index (κ1) is 9.75. The Morgan fingerprint density at radius 2 is 2.46 bits per heavy atom. The Balaban J connectivity index is 2.60. The monoisotopic (exact) mass is 178 g/mol. The van der Waals surface area contributed by atoms with Crippen LogP contribution >= 0.6 is 0 Å². The molecule has 0 N–H and O–H groups in total. The molecule has 4 heteroatoms. The SMILES string of the molecule is C#CC(C)N(C)Cc1ncnn1C. The summed E-state index contributed by atoms with van der Waals surface area (Å²) < 4.78 is 1.75. The van der Waals surface area contributed by atoms with E-state index < -0.39 is 0 Å². The van der Waals surface area contributed by atoms with Crippen LogP contribution in [0.4, 0.5) is 0 Å². The molecule has 0 fully saturated rings. The second-order valence-corrected chi connectivity index (χ2v) is 3.06. The van der Waals surface area contributed by atoms with Crippen LogP contribution in [0.3, 0.4) is 0 Å².